The standard InChI is InChI=1S/C9H7F3N4/c10-5-1-4(2-6(11)8(5)12)9-14-7(3-13)15-16-9/h1-2H,3,13H2,(H,14,15,16). The summed E-state index contributed by atoms with van der Waals surface area (Å²) in [5.74, 6) is -3.64. The summed E-state index contributed by atoms with van der Waals surface area (Å²) in [6, 6.07) is 1.64. The Bertz CT molecular complexity index is 500. The Balaban J connectivity index is 2.48. The fourth-order valence-electron chi connectivity index (χ4n) is 1.20. The molecule has 3 N–H and O–H groups in total. The Hall–Kier alpha value is -1.89. The molecule has 1 aromatic heterocycles. The third-order valence-electron chi connectivity index (χ3n) is 1.97. The van der Waals surface area contributed by atoms with Crippen LogP contribution in [0.25, 0.3) is 11.4 Å². The molecule has 0 saturated carbocycles. The van der Waals surface area contributed by atoms with E-state index in [-0.39, 0.29) is 17.9 Å². The van der Waals surface area contributed by atoms with Crippen molar-refractivity contribution in [1.29, 1.82) is 0 Å². The van der Waals surface area contributed by atoms with E-state index in [2.05, 4.69) is 15.2 Å². The largest absolute Gasteiger partial charge is 0.324 e. The lowest BCUT2D eigenvalue weighted by molar-refractivity contribution is 0.447. The minimum atomic E-state index is -1.52. The molecule has 0 amide bonds. The second-order valence-electron chi connectivity index (χ2n) is 3.06. The van der Waals surface area contributed by atoms with Crippen molar-refractivity contribution in [3.05, 3.63) is 35.4 Å². The van der Waals surface area contributed by atoms with Crippen molar-refractivity contribution in [2.24, 2.45) is 5.73 Å². The molecule has 16 heavy (non-hydrogen) atoms. The first-order valence-electron chi connectivity index (χ1n) is 4.38. The van der Waals surface area contributed by atoms with Crippen LogP contribution in [0.4, 0.5) is 13.2 Å². The Labute approximate surface area is 88.3 Å². The van der Waals surface area contributed by atoms with Crippen molar-refractivity contribution in [2.75, 3.05) is 0 Å². The van der Waals surface area contributed by atoms with Gasteiger partial charge in [-0.15, -0.1) is 0 Å². The molecular weight excluding hydrogens is 221 g/mol. The molecule has 0 unspecified atom stereocenters. The van der Waals surface area contributed by atoms with Crippen LogP contribution in [0.3, 0.4) is 0 Å². The van der Waals surface area contributed by atoms with E-state index in [9.17, 15) is 13.2 Å². The van der Waals surface area contributed by atoms with Gasteiger partial charge >= 0.3 is 0 Å². The normalized spacial score (nSPS) is 10.8. The number of hydrogen-bond acceptors (Lipinski definition) is 3. The van der Waals surface area contributed by atoms with Crippen LogP contribution in [0.1, 0.15) is 5.82 Å². The quantitative estimate of drug-likeness (QED) is 0.762. The fraction of sp³-hybridized carbons (Fsp3) is 0.111. The SMILES string of the molecule is NCc1nc(-c2cc(F)c(F)c(F)c2)n[nH]1. The number of nitrogens with zero attached hydrogens (tertiary/aromatic N) is 2. The van der Waals surface area contributed by atoms with Gasteiger partial charge in [0.1, 0.15) is 5.82 Å². The molecule has 0 atom stereocenters. The summed E-state index contributed by atoms with van der Waals surface area (Å²) in [7, 11) is 0. The van der Waals surface area contributed by atoms with Crippen LogP contribution in [-0.4, -0.2) is 15.2 Å². The number of nitrogens with two attached hydrogens (primary N) is 1. The summed E-state index contributed by atoms with van der Waals surface area (Å²) in [6.45, 7) is 0.124. The highest BCUT2D eigenvalue weighted by atomic mass is 19.2. The van der Waals surface area contributed by atoms with Gasteiger partial charge < -0.3 is 5.73 Å². The minimum absolute atomic E-state index is 0.0485. The highest BCUT2D eigenvalue weighted by molar-refractivity contribution is 5.54. The summed E-state index contributed by atoms with van der Waals surface area (Å²) in [6.07, 6.45) is 0. The van der Waals surface area contributed by atoms with E-state index >= 15 is 0 Å². The first-order valence-corrected chi connectivity index (χ1v) is 4.38. The number of nitrogens with one attached hydrogen (secondary N) is 1. The topological polar surface area (TPSA) is 67.6 Å². The van der Waals surface area contributed by atoms with Crippen molar-refractivity contribution >= 4 is 0 Å². The number of H-pyrrole nitrogens is 1. The van der Waals surface area contributed by atoms with Gasteiger partial charge in [-0.2, -0.15) is 5.10 Å². The second-order valence-corrected chi connectivity index (χ2v) is 3.06. The molecule has 0 spiro atoms. The van der Waals surface area contributed by atoms with Gasteiger partial charge in [0, 0.05) is 5.56 Å². The van der Waals surface area contributed by atoms with Crippen LogP contribution in [0.2, 0.25) is 0 Å². The van der Waals surface area contributed by atoms with E-state index in [4.69, 9.17) is 5.73 Å². The summed E-state index contributed by atoms with van der Waals surface area (Å²) in [5, 5.41) is 6.18. The number of rotatable bonds is 2. The van der Waals surface area contributed by atoms with Gasteiger partial charge in [-0.3, -0.25) is 5.10 Å². The second kappa shape index (κ2) is 3.93. The molecule has 2 aromatic rings. The number of aromatic amines is 1. The van der Waals surface area contributed by atoms with Crippen molar-refractivity contribution in [3.8, 4) is 11.4 Å². The molecule has 84 valence electrons. The van der Waals surface area contributed by atoms with Crippen molar-refractivity contribution < 1.29 is 13.2 Å². The maximum Gasteiger partial charge on any atom is 0.194 e. The molecule has 2 rings (SSSR count). The molecule has 1 heterocycles. The zero-order valence-corrected chi connectivity index (χ0v) is 7.97. The molecule has 0 bridgehead atoms. The summed E-state index contributed by atoms with van der Waals surface area (Å²) in [5.41, 5.74) is 5.33. The van der Waals surface area contributed by atoms with E-state index in [0.29, 0.717) is 5.82 Å². The van der Waals surface area contributed by atoms with Crippen molar-refractivity contribution in [2.45, 2.75) is 6.54 Å². The molecule has 0 saturated heterocycles. The highest BCUT2D eigenvalue weighted by Gasteiger charge is 2.14. The average molecular weight is 228 g/mol. The predicted molar refractivity (Wildman–Crippen MR) is 49.6 cm³/mol. The van der Waals surface area contributed by atoms with Crippen LogP contribution in [-0.2, 0) is 6.54 Å². The van der Waals surface area contributed by atoms with Crippen molar-refractivity contribution in [1.82, 2.24) is 15.2 Å². The third-order valence-corrected chi connectivity index (χ3v) is 1.97. The summed E-state index contributed by atoms with van der Waals surface area (Å²) in [4.78, 5) is 3.86. The van der Waals surface area contributed by atoms with Crippen molar-refractivity contribution in [3.63, 3.8) is 0 Å². The van der Waals surface area contributed by atoms with Gasteiger partial charge in [-0.05, 0) is 12.1 Å². The summed E-state index contributed by atoms with van der Waals surface area (Å²) >= 11 is 0. The minimum Gasteiger partial charge on any atom is -0.324 e. The number of halogens is 3. The van der Waals surface area contributed by atoms with Gasteiger partial charge in [0.05, 0.1) is 6.54 Å². The van der Waals surface area contributed by atoms with E-state index in [0.717, 1.165) is 12.1 Å². The Kier molecular flexibility index (Phi) is 2.61. The lowest BCUT2D eigenvalue weighted by atomic mass is 10.2. The lowest BCUT2D eigenvalue weighted by Crippen LogP contribution is -1.98. The first kappa shape index (κ1) is 10.6. The molecule has 0 fully saturated rings. The molecule has 0 radical (unpaired) electrons. The van der Waals surface area contributed by atoms with E-state index in [1.165, 1.54) is 0 Å². The van der Waals surface area contributed by atoms with Crippen LogP contribution in [0.5, 0.6) is 0 Å². The van der Waals surface area contributed by atoms with Gasteiger partial charge in [-0.25, -0.2) is 18.2 Å². The average Bonchev–Trinajstić information content (AvgIpc) is 2.73. The highest BCUT2D eigenvalue weighted by Crippen LogP contribution is 2.20. The van der Waals surface area contributed by atoms with E-state index < -0.39 is 17.5 Å². The molecule has 1 aromatic carbocycles. The Morgan fingerprint density at radius 2 is 1.81 bits per heavy atom. The number of benzene rings is 1. The van der Waals surface area contributed by atoms with Gasteiger partial charge in [-0.1, -0.05) is 0 Å². The maximum atomic E-state index is 12.9. The monoisotopic (exact) mass is 228 g/mol. The first-order chi connectivity index (χ1) is 7.61. The summed E-state index contributed by atoms with van der Waals surface area (Å²) < 4.78 is 38.5. The van der Waals surface area contributed by atoms with Crippen LogP contribution < -0.4 is 5.73 Å². The Morgan fingerprint density at radius 3 is 2.31 bits per heavy atom. The third kappa shape index (κ3) is 1.76. The zero-order valence-electron chi connectivity index (χ0n) is 7.97. The zero-order chi connectivity index (χ0) is 11.7. The molecule has 0 aliphatic carbocycles. The Morgan fingerprint density at radius 1 is 1.19 bits per heavy atom. The maximum absolute atomic E-state index is 12.9. The molecule has 0 aliphatic rings. The van der Waals surface area contributed by atoms with Gasteiger partial charge in [0.2, 0.25) is 0 Å². The number of hydrogen-bond donors (Lipinski definition) is 2. The molecular formula is C9H7F3N4. The fourth-order valence-corrected chi connectivity index (χ4v) is 1.20. The van der Waals surface area contributed by atoms with E-state index in [1.807, 2.05) is 0 Å². The van der Waals surface area contributed by atoms with Crippen LogP contribution in [0.15, 0.2) is 12.1 Å². The van der Waals surface area contributed by atoms with Gasteiger partial charge in [0.15, 0.2) is 23.3 Å². The molecule has 4 nitrogen and oxygen atoms in total. The lowest BCUT2D eigenvalue weighted by Gasteiger charge is -1.98. The van der Waals surface area contributed by atoms with E-state index in [1.54, 1.807) is 0 Å². The smallest absolute Gasteiger partial charge is 0.194 e. The molecule has 0 aliphatic heterocycles. The molecule has 7 heteroatoms. The van der Waals surface area contributed by atoms with Crippen LogP contribution in [0, 0.1) is 17.5 Å². The van der Waals surface area contributed by atoms with Gasteiger partial charge in [0.25, 0.3) is 0 Å². The van der Waals surface area contributed by atoms with Crippen LogP contribution >= 0.6 is 0 Å². The number of aromatic nitrogens is 3. The predicted octanol–water partition coefficient (Wildman–Crippen LogP) is 1.35.